The Bertz CT molecular complexity index is 700. The van der Waals surface area contributed by atoms with Crippen LogP contribution in [-0.4, -0.2) is 82.0 Å². The Morgan fingerprint density at radius 1 is 1.09 bits per heavy atom. The minimum absolute atomic E-state index is 0.246. The zero-order chi connectivity index (χ0) is 24.4. The maximum absolute atomic E-state index is 13.2. The minimum atomic E-state index is -1.32. The van der Waals surface area contributed by atoms with Crippen molar-refractivity contribution in [2.45, 2.75) is 76.5 Å². The van der Waals surface area contributed by atoms with Crippen molar-refractivity contribution in [3.63, 3.8) is 0 Å². The number of amides is 3. The van der Waals surface area contributed by atoms with Gasteiger partial charge in [-0.1, -0.05) is 13.8 Å². The summed E-state index contributed by atoms with van der Waals surface area (Å²) in [5, 5.41) is 23.2. The summed E-state index contributed by atoms with van der Waals surface area (Å²) in [5.41, 5.74) is 11.1. The fraction of sp³-hybridized carbons (Fsp3) is 0.750. The average Bonchev–Trinajstić information content (AvgIpc) is 3.19. The van der Waals surface area contributed by atoms with Crippen LogP contribution in [0.1, 0.15) is 52.4 Å². The molecule has 12 nitrogen and oxygen atoms in total. The Hall–Kier alpha value is -2.73. The molecule has 32 heavy (non-hydrogen) atoms. The van der Waals surface area contributed by atoms with Crippen LogP contribution in [0.4, 0.5) is 0 Å². The third-order valence-corrected chi connectivity index (χ3v) is 5.36. The van der Waals surface area contributed by atoms with Crippen molar-refractivity contribution in [2.24, 2.45) is 17.4 Å². The van der Waals surface area contributed by atoms with E-state index >= 15 is 0 Å². The first-order valence-corrected chi connectivity index (χ1v) is 10.8. The second kappa shape index (κ2) is 13.0. The lowest BCUT2D eigenvalue weighted by Crippen LogP contribution is -2.57. The SMILES string of the molecule is CC(C)C(NC(=O)C1CCCN1C(=O)C(CCCCN)NC(=O)C(N)CC(=O)O)C(=O)O. The largest absolute Gasteiger partial charge is 0.481 e. The van der Waals surface area contributed by atoms with Gasteiger partial charge in [-0.25, -0.2) is 4.79 Å². The van der Waals surface area contributed by atoms with Gasteiger partial charge in [-0.2, -0.15) is 0 Å². The maximum Gasteiger partial charge on any atom is 0.326 e. The van der Waals surface area contributed by atoms with E-state index in [2.05, 4.69) is 10.6 Å². The molecule has 0 radical (unpaired) electrons. The van der Waals surface area contributed by atoms with Crippen LogP contribution >= 0.6 is 0 Å². The summed E-state index contributed by atoms with van der Waals surface area (Å²) in [6.07, 6.45) is 1.71. The second-order valence-electron chi connectivity index (χ2n) is 8.31. The molecule has 0 bridgehead atoms. The highest BCUT2D eigenvalue weighted by Gasteiger charge is 2.39. The fourth-order valence-electron chi connectivity index (χ4n) is 3.58. The number of carboxylic acid groups (broad SMARTS) is 2. The van der Waals surface area contributed by atoms with Crippen molar-refractivity contribution in [1.82, 2.24) is 15.5 Å². The van der Waals surface area contributed by atoms with Gasteiger partial charge in [-0.15, -0.1) is 0 Å². The summed E-state index contributed by atoms with van der Waals surface area (Å²) in [4.78, 5) is 61.9. The molecule has 0 aromatic rings. The number of aliphatic carboxylic acids is 2. The average molecular weight is 458 g/mol. The van der Waals surface area contributed by atoms with Crippen LogP contribution in [0.15, 0.2) is 0 Å². The van der Waals surface area contributed by atoms with Gasteiger partial charge in [0, 0.05) is 6.54 Å². The lowest BCUT2D eigenvalue weighted by atomic mass is 10.0. The number of carbonyl (C=O) groups is 5. The van der Waals surface area contributed by atoms with Gasteiger partial charge in [0.25, 0.3) is 0 Å². The third kappa shape index (κ3) is 8.08. The quantitative estimate of drug-likeness (QED) is 0.180. The van der Waals surface area contributed by atoms with E-state index < -0.39 is 60.2 Å². The Morgan fingerprint density at radius 3 is 2.28 bits per heavy atom. The number of carboxylic acids is 2. The molecule has 1 rings (SSSR count). The highest BCUT2D eigenvalue weighted by atomic mass is 16.4. The summed E-state index contributed by atoms with van der Waals surface area (Å²) in [6, 6.07) is -4.26. The van der Waals surface area contributed by atoms with Crippen molar-refractivity contribution >= 4 is 29.7 Å². The number of nitrogens with one attached hydrogen (secondary N) is 2. The molecule has 0 aliphatic carbocycles. The lowest BCUT2D eigenvalue weighted by Gasteiger charge is -2.30. The summed E-state index contributed by atoms with van der Waals surface area (Å²) in [5.74, 6) is -4.58. The highest BCUT2D eigenvalue weighted by Crippen LogP contribution is 2.20. The summed E-state index contributed by atoms with van der Waals surface area (Å²) in [6.45, 7) is 4.01. The van der Waals surface area contributed by atoms with Crippen LogP contribution in [0.5, 0.6) is 0 Å². The van der Waals surface area contributed by atoms with Crippen LogP contribution in [0.25, 0.3) is 0 Å². The Morgan fingerprint density at radius 2 is 1.75 bits per heavy atom. The Labute approximate surface area is 187 Å². The molecule has 8 N–H and O–H groups in total. The van der Waals surface area contributed by atoms with Gasteiger partial charge in [0.1, 0.15) is 18.1 Å². The summed E-state index contributed by atoms with van der Waals surface area (Å²) < 4.78 is 0. The van der Waals surface area contributed by atoms with Crippen LogP contribution < -0.4 is 22.1 Å². The van der Waals surface area contributed by atoms with Crippen LogP contribution in [0.2, 0.25) is 0 Å². The number of nitrogens with zero attached hydrogens (tertiary/aromatic N) is 1. The van der Waals surface area contributed by atoms with Gasteiger partial charge in [0.15, 0.2) is 0 Å². The van der Waals surface area contributed by atoms with Crippen molar-refractivity contribution in [2.75, 3.05) is 13.1 Å². The Balaban J connectivity index is 2.95. The first-order valence-electron chi connectivity index (χ1n) is 10.8. The van der Waals surface area contributed by atoms with E-state index in [0.29, 0.717) is 32.2 Å². The van der Waals surface area contributed by atoms with Gasteiger partial charge < -0.3 is 37.2 Å². The molecule has 0 aromatic carbocycles. The fourth-order valence-corrected chi connectivity index (χ4v) is 3.58. The predicted molar refractivity (Wildman–Crippen MR) is 114 cm³/mol. The number of carbonyl (C=O) groups excluding carboxylic acids is 3. The van der Waals surface area contributed by atoms with E-state index in [9.17, 15) is 29.1 Å². The molecular formula is C20H35N5O7. The molecule has 12 heteroatoms. The van der Waals surface area contributed by atoms with Gasteiger partial charge in [-0.05, 0) is 44.6 Å². The molecule has 1 heterocycles. The van der Waals surface area contributed by atoms with E-state index in [1.54, 1.807) is 13.8 Å². The van der Waals surface area contributed by atoms with Gasteiger partial charge >= 0.3 is 11.9 Å². The van der Waals surface area contributed by atoms with Crippen LogP contribution in [-0.2, 0) is 24.0 Å². The molecule has 1 fully saturated rings. The zero-order valence-corrected chi connectivity index (χ0v) is 18.6. The minimum Gasteiger partial charge on any atom is -0.481 e. The van der Waals surface area contributed by atoms with E-state index in [1.807, 2.05) is 0 Å². The topological polar surface area (TPSA) is 205 Å². The normalized spacial score (nSPS) is 18.7. The molecule has 0 spiro atoms. The molecule has 1 aliphatic heterocycles. The van der Waals surface area contributed by atoms with Crippen molar-refractivity contribution < 1.29 is 34.2 Å². The standard InChI is InChI=1S/C20H35N5O7/c1-11(2)16(20(31)32)24-18(29)14-7-5-9-25(14)19(30)13(6-3-4-8-21)23-17(28)12(22)10-15(26)27/h11-14,16H,3-10,21-22H2,1-2H3,(H,23,28)(H,24,29)(H,26,27)(H,31,32). The summed E-state index contributed by atoms with van der Waals surface area (Å²) in [7, 11) is 0. The molecular weight excluding hydrogens is 422 g/mol. The van der Waals surface area contributed by atoms with E-state index in [4.69, 9.17) is 16.6 Å². The zero-order valence-electron chi connectivity index (χ0n) is 18.6. The second-order valence-corrected chi connectivity index (χ2v) is 8.31. The summed E-state index contributed by atoms with van der Waals surface area (Å²) >= 11 is 0. The van der Waals surface area contributed by atoms with E-state index in [1.165, 1.54) is 4.90 Å². The van der Waals surface area contributed by atoms with E-state index in [-0.39, 0.29) is 18.9 Å². The van der Waals surface area contributed by atoms with Crippen LogP contribution in [0.3, 0.4) is 0 Å². The van der Waals surface area contributed by atoms with Gasteiger partial charge in [0.05, 0.1) is 12.5 Å². The van der Waals surface area contributed by atoms with Crippen molar-refractivity contribution in [1.29, 1.82) is 0 Å². The molecule has 1 aliphatic rings. The first kappa shape index (κ1) is 27.3. The first-order chi connectivity index (χ1) is 15.0. The van der Waals surface area contributed by atoms with Gasteiger partial charge in [0.2, 0.25) is 17.7 Å². The number of nitrogens with two attached hydrogens (primary N) is 2. The monoisotopic (exact) mass is 457 g/mol. The third-order valence-electron chi connectivity index (χ3n) is 5.36. The molecule has 1 saturated heterocycles. The highest BCUT2D eigenvalue weighted by molar-refractivity contribution is 5.95. The number of unbranched alkanes of at least 4 members (excludes halogenated alkanes) is 1. The maximum atomic E-state index is 13.2. The molecule has 0 saturated carbocycles. The predicted octanol–water partition coefficient (Wildman–Crippen LogP) is -1.38. The molecule has 3 amide bonds. The number of likely N-dealkylation sites (tertiary alicyclic amines) is 1. The smallest absolute Gasteiger partial charge is 0.326 e. The molecule has 4 unspecified atom stereocenters. The molecule has 182 valence electrons. The van der Waals surface area contributed by atoms with Crippen LogP contribution in [0, 0.1) is 5.92 Å². The molecule has 0 aromatic heterocycles. The number of rotatable bonds is 13. The van der Waals surface area contributed by atoms with E-state index in [0.717, 1.165) is 0 Å². The number of hydrogen-bond acceptors (Lipinski definition) is 7. The lowest BCUT2D eigenvalue weighted by molar-refractivity contribution is -0.145. The van der Waals surface area contributed by atoms with Gasteiger partial charge in [-0.3, -0.25) is 19.2 Å². The van der Waals surface area contributed by atoms with Crippen molar-refractivity contribution in [3.8, 4) is 0 Å². The number of hydrogen-bond donors (Lipinski definition) is 6. The van der Waals surface area contributed by atoms with Crippen molar-refractivity contribution in [3.05, 3.63) is 0 Å². The molecule has 4 atom stereocenters. The Kier molecular flexibility index (Phi) is 11.1.